The summed E-state index contributed by atoms with van der Waals surface area (Å²) in [6.07, 6.45) is 1.04. The molecule has 2 atom stereocenters. The number of rotatable bonds is 4. The minimum Gasteiger partial charge on any atom is -0.252 e. The number of hydrogen-bond donors (Lipinski definition) is 0. The van der Waals surface area contributed by atoms with Crippen LogP contribution in [-0.2, 0) is 5.41 Å². The van der Waals surface area contributed by atoms with Gasteiger partial charge in [-0.15, -0.1) is 0 Å². The van der Waals surface area contributed by atoms with Gasteiger partial charge in [0.05, 0.1) is 11.4 Å². The van der Waals surface area contributed by atoms with Gasteiger partial charge in [-0.25, -0.2) is 0 Å². The van der Waals surface area contributed by atoms with Crippen molar-refractivity contribution in [1.29, 1.82) is 0 Å². The molecule has 1 heteroatoms. The van der Waals surface area contributed by atoms with Crippen LogP contribution in [0.3, 0.4) is 0 Å². The van der Waals surface area contributed by atoms with Gasteiger partial charge in [0.2, 0.25) is 0 Å². The van der Waals surface area contributed by atoms with Crippen LogP contribution >= 0.6 is 0 Å². The van der Waals surface area contributed by atoms with Crippen molar-refractivity contribution in [2.75, 3.05) is 0 Å². The molecule has 43 heavy (non-hydrogen) atoms. The van der Waals surface area contributed by atoms with Crippen molar-refractivity contribution in [3.8, 4) is 22.3 Å². The zero-order valence-electron chi connectivity index (χ0n) is 25.0. The molecule has 0 saturated heterocycles. The summed E-state index contributed by atoms with van der Waals surface area (Å²) in [5.41, 5.74) is 14.2. The zero-order valence-corrected chi connectivity index (χ0v) is 25.0. The van der Waals surface area contributed by atoms with Crippen LogP contribution in [0.4, 0.5) is 5.69 Å². The van der Waals surface area contributed by atoms with E-state index in [9.17, 15) is 0 Å². The molecule has 1 nitrogen and oxygen atoms in total. The summed E-state index contributed by atoms with van der Waals surface area (Å²) in [5.74, 6) is 0.548. The van der Waals surface area contributed by atoms with Crippen molar-refractivity contribution in [2.45, 2.75) is 44.4 Å². The molecule has 0 amide bonds. The fourth-order valence-corrected chi connectivity index (χ4v) is 7.66. The van der Waals surface area contributed by atoms with Gasteiger partial charge in [-0.05, 0) is 104 Å². The summed E-state index contributed by atoms with van der Waals surface area (Å²) in [5, 5.41) is 2.61. The highest BCUT2D eigenvalue weighted by atomic mass is 14.8. The molecule has 0 spiro atoms. The van der Waals surface area contributed by atoms with E-state index in [1.807, 2.05) is 0 Å². The van der Waals surface area contributed by atoms with E-state index in [2.05, 4.69) is 154 Å². The first-order valence-corrected chi connectivity index (χ1v) is 15.5. The lowest BCUT2D eigenvalue weighted by Gasteiger charge is -2.34. The predicted molar refractivity (Wildman–Crippen MR) is 182 cm³/mol. The number of benzene rings is 6. The van der Waals surface area contributed by atoms with Crippen molar-refractivity contribution in [2.24, 2.45) is 4.99 Å². The Bertz CT molecular complexity index is 2030. The molecule has 1 aliphatic carbocycles. The predicted octanol–water partition coefficient (Wildman–Crippen LogP) is 11.2. The minimum absolute atomic E-state index is 0.0574. The summed E-state index contributed by atoms with van der Waals surface area (Å²) < 4.78 is 0. The first-order valence-electron chi connectivity index (χ1n) is 15.5. The quantitative estimate of drug-likeness (QED) is 0.206. The van der Waals surface area contributed by atoms with Crippen LogP contribution in [0.1, 0.15) is 66.8 Å². The average Bonchev–Trinajstić information content (AvgIpc) is 3.28. The van der Waals surface area contributed by atoms with Gasteiger partial charge in [-0.2, -0.15) is 0 Å². The Morgan fingerprint density at radius 2 is 1.21 bits per heavy atom. The van der Waals surface area contributed by atoms with E-state index >= 15 is 0 Å². The molecule has 8 rings (SSSR count). The van der Waals surface area contributed by atoms with Gasteiger partial charge >= 0.3 is 0 Å². The summed E-state index contributed by atoms with van der Waals surface area (Å²) in [6.45, 7) is 7.07. The second-order valence-electron chi connectivity index (χ2n) is 12.7. The van der Waals surface area contributed by atoms with Gasteiger partial charge < -0.3 is 0 Å². The summed E-state index contributed by atoms with van der Waals surface area (Å²) in [7, 11) is 0. The largest absolute Gasteiger partial charge is 0.252 e. The van der Waals surface area contributed by atoms with Crippen LogP contribution in [0.15, 0.2) is 138 Å². The van der Waals surface area contributed by atoms with Crippen molar-refractivity contribution in [3.05, 3.63) is 161 Å². The second kappa shape index (κ2) is 9.92. The Morgan fingerprint density at radius 1 is 0.581 bits per heavy atom. The average molecular weight is 554 g/mol. The van der Waals surface area contributed by atoms with Gasteiger partial charge in [0.15, 0.2) is 0 Å². The molecule has 6 aromatic rings. The smallest absolute Gasteiger partial charge is 0.0669 e. The molecule has 0 radical (unpaired) electrons. The Hall–Kier alpha value is -4.75. The van der Waals surface area contributed by atoms with Crippen LogP contribution in [0.2, 0.25) is 0 Å². The van der Waals surface area contributed by atoms with Crippen molar-refractivity contribution >= 4 is 22.2 Å². The van der Waals surface area contributed by atoms with Gasteiger partial charge in [-0.1, -0.05) is 124 Å². The van der Waals surface area contributed by atoms with Crippen LogP contribution in [0, 0.1) is 0 Å². The molecule has 2 unspecified atom stereocenters. The lowest BCUT2D eigenvalue weighted by atomic mass is 9.72. The summed E-state index contributed by atoms with van der Waals surface area (Å²) >= 11 is 0. The highest BCUT2D eigenvalue weighted by Gasteiger charge is 2.37. The van der Waals surface area contributed by atoms with Gasteiger partial charge in [0, 0.05) is 11.3 Å². The molecule has 0 aromatic heterocycles. The van der Waals surface area contributed by atoms with E-state index in [0.717, 1.165) is 12.1 Å². The molecule has 208 valence electrons. The van der Waals surface area contributed by atoms with E-state index in [1.165, 1.54) is 66.6 Å². The maximum atomic E-state index is 5.36. The highest BCUT2D eigenvalue weighted by Crippen LogP contribution is 2.52. The third-order valence-electron chi connectivity index (χ3n) is 9.91. The number of aliphatic imine (C=N–C) groups is 1. The fraction of sp³-hybridized carbons (Fsp3) is 0.167. The van der Waals surface area contributed by atoms with E-state index in [0.29, 0.717) is 5.92 Å². The lowest BCUT2D eigenvalue weighted by Crippen LogP contribution is -2.24. The SMILES string of the molecule is CCC1c2cc(-c3ccc4c(c3)C(C)(C)c3cc5ccccc5cc3-4)ccc2N=C(c2ccccc2)C1c1ccccc1. The third-order valence-corrected chi connectivity index (χ3v) is 9.91. The molecule has 6 aromatic carbocycles. The molecule has 1 heterocycles. The van der Waals surface area contributed by atoms with Crippen LogP contribution in [0.5, 0.6) is 0 Å². The highest BCUT2D eigenvalue weighted by molar-refractivity contribution is 6.08. The zero-order chi connectivity index (χ0) is 29.1. The van der Waals surface area contributed by atoms with E-state index < -0.39 is 0 Å². The van der Waals surface area contributed by atoms with Gasteiger partial charge in [0.25, 0.3) is 0 Å². The summed E-state index contributed by atoms with van der Waals surface area (Å²) in [6, 6.07) is 49.2. The minimum atomic E-state index is -0.0574. The summed E-state index contributed by atoms with van der Waals surface area (Å²) in [4.78, 5) is 5.36. The van der Waals surface area contributed by atoms with Crippen LogP contribution in [-0.4, -0.2) is 5.71 Å². The fourth-order valence-electron chi connectivity index (χ4n) is 7.66. The van der Waals surface area contributed by atoms with E-state index in [-0.39, 0.29) is 11.3 Å². The first-order chi connectivity index (χ1) is 21.0. The normalized spacial score (nSPS) is 18.1. The molecule has 2 aliphatic rings. The van der Waals surface area contributed by atoms with Crippen LogP contribution < -0.4 is 0 Å². The Labute approximate surface area is 254 Å². The second-order valence-corrected chi connectivity index (χ2v) is 12.7. The number of fused-ring (bicyclic) bond motifs is 5. The van der Waals surface area contributed by atoms with Gasteiger partial charge in [-0.3, -0.25) is 4.99 Å². The molecule has 0 saturated carbocycles. The molecule has 1 aliphatic heterocycles. The molecule has 0 N–H and O–H groups in total. The third kappa shape index (κ3) is 4.10. The van der Waals surface area contributed by atoms with Gasteiger partial charge in [0.1, 0.15) is 0 Å². The lowest BCUT2D eigenvalue weighted by molar-refractivity contribution is 0.614. The van der Waals surface area contributed by atoms with Crippen molar-refractivity contribution < 1.29 is 0 Å². The standard InChI is InChI=1S/C42H35N/c1-4-33-36-24-31(20-22-39(36)43-41(28-15-9-6-10-16-28)40(33)27-13-7-5-8-14-27)32-19-21-34-35-23-29-17-11-12-18-30(29)25-38(35)42(2,3)37(34)26-32/h5-26,33,40H,4H2,1-3H3. The topological polar surface area (TPSA) is 12.4 Å². The Kier molecular flexibility index (Phi) is 5.98. The molecular formula is C42H35N. The van der Waals surface area contributed by atoms with Crippen molar-refractivity contribution in [3.63, 3.8) is 0 Å². The Balaban J connectivity index is 1.25. The molecule has 0 fully saturated rings. The molecular weight excluding hydrogens is 518 g/mol. The monoisotopic (exact) mass is 553 g/mol. The van der Waals surface area contributed by atoms with E-state index in [4.69, 9.17) is 4.99 Å². The van der Waals surface area contributed by atoms with E-state index in [1.54, 1.807) is 0 Å². The maximum Gasteiger partial charge on any atom is 0.0669 e. The number of hydrogen-bond acceptors (Lipinski definition) is 1. The van der Waals surface area contributed by atoms with Crippen LogP contribution in [0.25, 0.3) is 33.0 Å². The molecule has 0 bridgehead atoms. The maximum absolute atomic E-state index is 5.36. The first kappa shape index (κ1) is 25.9. The van der Waals surface area contributed by atoms with Crippen molar-refractivity contribution in [1.82, 2.24) is 0 Å². The number of nitrogens with zero attached hydrogens (tertiary/aromatic N) is 1. The Morgan fingerprint density at radius 3 is 1.95 bits per heavy atom.